The molecule has 17 heteroatoms. The largest absolute Gasteiger partial charge is 0.510 e. The molecule has 1 rings (SSSR count). The third kappa shape index (κ3) is 14.8. The molecule has 1 aromatic heterocycles. The molecule has 0 fully saturated rings. The fourth-order valence-electron chi connectivity index (χ4n) is 2.20. The molecule has 0 bridgehead atoms. The number of nitrogen functional groups attached to an aromatic ring is 2. The summed E-state index contributed by atoms with van der Waals surface area (Å²) in [6.45, 7) is 5.55. The highest BCUT2D eigenvalue weighted by Crippen LogP contribution is 2.48. The number of carbonyl (C=O) groups excluding carboxylic acids is 3. The molecule has 1 aromatic rings. The minimum atomic E-state index is -4.12. The molecule has 16 nitrogen and oxygen atoms in total. The van der Waals surface area contributed by atoms with E-state index >= 15 is 0 Å². The zero-order valence-corrected chi connectivity index (χ0v) is 22.6. The number of esters is 1. The molecule has 38 heavy (non-hydrogen) atoms. The number of nitrogens with zero attached hydrogens (tertiary/aromatic N) is 2. The highest BCUT2D eigenvalue weighted by molar-refractivity contribution is 7.54. The number of nitrogens with two attached hydrogens (primary N) is 2. The summed E-state index contributed by atoms with van der Waals surface area (Å²) < 4.78 is 53.1. The van der Waals surface area contributed by atoms with Gasteiger partial charge in [0, 0.05) is 18.6 Å². The van der Waals surface area contributed by atoms with E-state index in [-0.39, 0.29) is 30.9 Å². The first-order valence-corrected chi connectivity index (χ1v) is 12.9. The van der Waals surface area contributed by atoms with Crippen LogP contribution in [0, 0.1) is 0 Å². The van der Waals surface area contributed by atoms with Crippen molar-refractivity contribution in [3.8, 4) is 5.88 Å². The predicted molar refractivity (Wildman–Crippen MR) is 131 cm³/mol. The summed E-state index contributed by atoms with van der Waals surface area (Å²) in [5.41, 5.74) is 11.5. The molecule has 0 atom stereocenters. The Bertz CT molecular complexity index is 966. The molecule has 0 aliphatic carbocycles. The molecule has 0 aliphatic rings. The maximum Gasteiger partial charge on any atom is 0.510 e. The zero-order valence-electron chi connectivity index (χ0n) is 21.7. The fourth-order valence-corrected chi connectivity index (χ4v) is 3.40. The van der Waals surface area contributed by atoms with E-state index < -0.39 is 57.8 Å². The molecule has 0 aliphatic heterocycles. The number of rotatable bonds is 15. The summed E-state index contributed by atoms with van der Waals surface area (Å²) in [6, 6.07) is 1.32. The number of allylic oxidation sites excluding steroid dienone is 1. The molecule has 0 saturated carbocycles. The first-order valence-electron chi connectivity index (χ1n) is 11.2. The Balaban J connectivity index is 2.96. The van der Waals surface area contributed by atoms with Gasteiger partial charge in [0.15, 0.2) is 0 Å². The van der Waals surface area contributed by atoms with Crippen molar-refractivity contribution in [2.24, 2.45) is 0 Å². The SMILES string of the molecule is CC(=O)OC/C(=C\CP(=O)(OCOC(=O)OC(C)C)OCOC(=O)OC(C)C)COc1cc(N)nc(N)n1. The lowest BCUT2D eigenvalue weighted by atomic mass is 10.3. The van der Waals surface area contributed by atoms with Crippen LogP contribution in [0.25, 0.3) is 0 Å². The number of carbonyl (C=O) groups is 3. The fraction of sp³-hybridized carbons (Fsp3) is 0.571. The van der Waals surface area contributed by atoms with E-state index in [0.29, 0.717) is 5.57 Å². The maximum atomic E-state index is 13.3. The maximum absolute atomic E-state index is 13.3. The predicted octanol–water partition coefficient (Wildman–Crippen LogP) is 2.77. The lowest BCUT2D eigenvalue weighted by Gasteiger charge is -2.18. The van der Waals surface area contributed by atoms with Gasteiger partial charge in [0.05, 0.1) is 18.4 Å². The quantitative estimate of drug-likeness (QED) is 0.103. The minimum Gasteiger partial charge on any atom is -0.473 e. The molecule has 0 aromatic carbocycles. The van der Waals surface area contributed by atoms with Gasteiger partial charge >= 0.3 is 25.9 Å². The van der Waals surface area contributed by atoms with Crippen molar-refractivity contribution >= 4 is 37.6 Å². The lowest BCUT2D eigenvalue weighted by molar-refractivity contribution is -0.140. The molecular formula is C21H33N4O12P. The van der Waals surface area contributed by atoms with Crippen LogP contribution in [-0.2, 0) is 42.1 Å². The first-order chi connectivity index (χ1) is 17.8. The topological polar surface area (TPSA) is 220 Å². The normalized spacial score (nSPS) is 11.7. The molecule has 0 radical (unpaired) electrons. The number of anilines is 2. The van der Waals surface area contributed by atoms with Crippen molar-refractivity contribution in [3.63, 3.8) is 0 Å². The van der Waals surface area contributed by atoms with Gasteiger partial charge in [-0.2, -0.15) is 9.97 Å². The Labute approximate surface area is 219 Å². The average Bonchev–Trinajstić information content (AvgIpc) is 2.76. The summed E-state index contributed by atoms with van der Waals surface area (Å²) in [4.78, 5) is 42.1. The standard InChI is InChI=1S/C21H33N4O12P/c1-13(2)36-20(27)32-11-34-38(29,35-12-33-21(28)37-14(3)4)7-6-16(9-30-15(5)26)10-31-18-8-17(22)24-19(23)25-18/h6,8,13-14H,7,9-12H2,1-5H3,(H4,22,23,24,25)/b16-6+. The van der Waals surface area contributed by atoms with E-state index in [1.54, 1.807) is 27.7 Å². The molecule has 0 saturated heterocycles. The summed E-state index contributed by atoms with van der Waals surface area (Å²) >= 11 is 0. The van der Waals surface area contributed by atoms with E-state index in [4.69, 9.17) is 48.9 Å². The second-order valence-corrected chi connectivity index (χ2v) is 9.93. The summed E-state index contributed by atoms with van der Waals surface area (Å²) in [6.07, 6.45) is -2.14. The van der Waals surface area contributed by atoms with Crippen molar-refractivity contribution in [2.45, 2.75) is 46.8 Å². The van der Waals surface area contributed by atoms with E-state index in [9.17, 15) is 18.9 Å². The van der Waals surface area contributed by atoms with Gasteiger partial charge in [-0.3, -0.25) is 18.4 Å². The smallest absolute Gasteiger partial charge is 0.473 e. The van der Waals surface area contributed by atoms with Gasteiger partial charge in [0.25, 0.3) is 0 Å². The molecule has 4 N–H and O–H groups in total. The highest BCUT2D eigenvalue weighted by atomic mass is 31.2. The highest BCUT2D eigenvalue weighted by Gasteiger charge is 2.26. The van der Waals surface area contributed by atoms with E-state index in [2.05, 4.69) is 9.97 Å². The van der Waals surface area contributed by atoms with Crippen LogP contribution in [0.4, 0.5) is 21.4 Å². The van der Waals surface area contributed by atoms with Crippen LogP contribution in [0.1, 0.15) is 34.6 Å². The molecular weight excluding hydrogens is 531 g/mol. The zero-order chi connectivity index (χ0) is 28.7. The molecule has 0 spiro atoms. The van der Waals surface area contributed by atoms with Gasteiger partial charge in [-0.1, -0.05) is 6.08 Å². The van der Waals surface area contributed by atoms with Crippen molar-refractivity contribution in [3.05, 3.63) is 17.7 Å². The van der Waals surface area contributed by atoms with Crippen molar-refractivity contribution in [1.29, 1.82) is 0 Å². The van der Waals surface area contributed by atoms with Gasteiger partial charge in [0.1, 0.15) is 19.0 Å². The van der Waals surface area contributed by atoms with Crippen LogP contribution in [0.5, 0.6) is 5.88 Å². The first kappa shape index (κ1) is 32.4. The Kier molecular flexibility index (Phi) is 13.9. The Hall–Kier alpha value is -3.62. The van der Waals surface area contributed by atoms with Crippen LogP contribution >= 0.6 is 7.60 Å². The van der Waals surface area contributed by atoms with Crippen LogP contribution in [0.15, 0.2) is 17.7 Å². The van der Waals surface area contributed by atoms with Crippen LogP contribution in [0.3, 0.4) is 0 Å². The van der Waals surface area contributed by atoms with Crippen LogP contribution < -0.4 is 16.2 Å². The third-order valence-corrected chi connectivity index (χ3v) is 5.35. The van der Waals surface area contributed by atoms with E-state index in [1.165, 1.54) is 19.1 Å². The number of hydrogen-bond acceptors (Lipinski definition) is 16. The number of hydrogen-bond donors (Lipinski definition) is 2. The summed E-state index contributed by atoms with van der Waals surface area (Å²) in [7, 11) is -4.12. The summed E-state index contributed by atoms with van der Waals surface area (Å²) in [5.74, 6) is -0.607. The number of aromatic nitrogens is 2. The van der Waals surface area contributed by atoms with Crippen molar-refractivity contribution in [1.82, 2.24) is 9.97 Å². The molecule has 1 heterocycles. The van der Waals surface area contributed by atoms with E-state index in [1.807, 2.05) is 0 Å². The number of ether oxygens (including phenoxy) is 6. The lowest BCUT2D eigenvalue weighted by Crippen LogP contribution is -2.17. The van der Waals surface area contributed by atoms with Gasteiger partial charge in [-0.05, 0) is 27.7 Å². The Morgan fingerprint density at radius 1 is 0.921 bits per heavy atom. The minimum absolute atomic E-state index is 0.0357. The van der Waals surface area contributed by atoms with Gasteiger partial charge in [0.2, 0.25) is 25.4 Å². The van der Waals surface area contributed by atoms with Crippen molar-refractivity contribution in [2.75, 3.05) is 44.4 Å². The van der Waals surface area contributed by atoms with Crippen molar-refractivity contribution < 1.29 is 56.4 Å². The van der Waals surface area contributed by atoms with E-state index in [0.717, 1.165) is 0 Å². The Morgan fingerprint density at radius 3 is 1.95 bits per heavy atom. The van der Waals surface area contributed by atoms with Gasteiger partial charge < -0.3 is 39.9 Å². The van der Waals surface area contributed by atoms with Gasteiger partial charge in [-0.15, -0.1) is 0 Å². The molecule has 0 amide bonds. The molecule has 214 valence electrons. The third-order valence-electron chi connectivity index (χ3n) is 3.73. The van der Waals surface area contributed by atoms with Crippen LogP contribution in [-0.4, -0.2) is 73.4 Å². The molecule has 0 unspecified atom stereocenters. The monoisotopic (exact) mass is 564 g/mol. The van der Waals surface area contributed by atoms with Gasteiger partial charge in [-0.25, -0.2) is 9.59 Å². The van der Waals surface area contributed by atoms with Crippen LogP contribution in [0.2, 0.25) is 0 Å². The second kappa shape index (κ2) is 16.3. The summed E-state index contributed by atoms with van der Waals surface area (Å²) in [5, 5.41) is 0. The Morgan fingerprint density at radius 2 is 1.47 bits per heavy atom. The second-order valence-electron chi connectivity index (χ2n) is 7.83. The average molecular weight is 564 g/mol.